The molecule has 2 rings (SSSR count). The van der Waals surface area contributed by atoms with Gasteiger partial charge in [-0.25, -0.2) is 8.78 Å². The second kappa shape index (κ2) is 6.13. The van der Waals surface area contributed by atoms with E-state index in [0.717, 1.165) is 13.0 Å². The van der Waals surface area contributed by atoms with Crippen molar-refractivity contribution in [1.29, 1.82) is 0 Å². The van der Waals surface area contributed by atoms with Crippen LogP contribution in [0.1, 0.15) is 31.8 Å². The topological polar surface area (TPSA) is 31.2 Å². The zero-order chi connectivity index (χ0) is 14.0. The predicted molar refractivity (Wildman–Crippen MR) is 71.5 cm³/mol. The number of hydrogen-bond acceptors (Lipinski definition) is 2. The molecule has 1 aromatic heterocycles. The number of pyridine rings is 1. The summed E-state index contributed by atoms with van der Waals surface area (Å²) in [7, 11) is 0. The van der Waals surface area contributed by atoms with Crippen LogP contribution in [0.4, 0.5) is 8.78 Å². The lowest BCUT2D eigenvalue weighted by molar-refractivity contribution is 0.0829. The largest absolute Gasteiger partial charge is 0.378 e. The van der Waals surface area contributed by atoms with E-state index in [-0.39, 0.29) is 21.7 Å². The van der Waals surface area contributed by atoms with Crippen molar-refractivity contribution in [2.45, 2.75) is 38.8 Å². The van der Waals surface area contributed by atoms with E-state index in [4.69, 9.17) is 4.74 Å². The molecule has 0 amide bonds. The Morgan fingerprint density at radius 2 is 2.32 bits per heavy atom. The molecule has 0 radical (unpaired) electrons. The minimum absolute atomic E-state index is 0.112. The van der Waals surface area contributed by atoms with Crippen LogP contribution in [0.5, 0.6) is 0 Å². The van der Waals surface area contributed by atoms with Crippen LogP contribution in [-0.2, 0) is 11.3 Å². The van der Waals surface area contributed by atoms with Gasteiger partial charge in [0, 0.05) is 24.9 Å². The molecule has 2 heterocycles. The smallest absolute Gasteiger partial charge is 0.265 e. The van der Waals surface area contributed by atoms with Gasteiger partial charge in [0.05, 0.1) is 10.6 Å². The van der Waals surface area contributed by atoms with Gasteiger partial charge >= 0.3 is 0 Å². The first-order chi connectivity index (χ1) is 8.99. The molecule has 0 aliphatic carbocycles. The minimum Gasteiger partial charge on any atom is -0.378 e. The van der Waals surface area contributed by atoms with Gasteiger partial charge in [0.2, 0.25) is 0 Å². The summed E-state index contributed by atoms with van der Waals surface area (Å²) in [5.74, 6) is 0.456. The van der Waals surface area contributed by atoms with Crippen molar-refractivity contribution in [1.82, 2.24) is 4.57 Å². The van der Waals surface area contributed by atoms with Crippen molar-refractivity contribution in [2.75, 3.05) is 6.61 Å². The fourth-order valence-electron chi connectivity index (χ4n) is 2.30. The highest BCUT2D eigenvalue weighted by molar-refractivity contribution is 9.10. The zero-order valence-electron chi connectivity index (χ0n) is 10.6. The Hall–Kier alpha value is -0.750. The van der Waals surface area contributed by atoms with Crippen molar-refractivity contribution in [2.24, 2.45) is 5.92 Å². The second-order valence-corrected chi connectivity index (χ2v) is 5.74. The van der Waals surface area contributed by atoms with Crippen LogP contribution in [0.3, 0.4) is 0 Å². The lowest BCUT2D eigenvalue weighted by Gasteiger charge is -2.16. The quantitative estimate of drug-likeness (QED) is 0.844. The first kappa shape index (κ1) is 14.7. The monoisotopic (exact) mass is 335 g/mol. The summed E-state index contributed by atoms with van der Waals surface area (Å²) in [6.07, 6.45) is 0.448. The second-order valence-electron chi connectivity index (χ2n) is 4.88. The van der Waals surface area contributed by atoms with Gasteiger partial charge in [0.1, 0.15) is 0 Å². The van der Waals surface area contributed by atoms with E-state index < -0.39 is 6.43 Å². The maximum Gasteiger partial charge on any atom is 0.265 e. The maximum absolute atomic E-state index is 12.7. The third-order valence-electron chi connectivity index (χ3n) is 3.51. The number of aryl methyl sites for hydroxylation is 1. The molecule has 0 bridgehead atoms. The summed E-state index contributed by atoms with van der Waals surface area (Å²) < 4.78 is 32.5. The number of ether oxygens (including phenoxy) is 1. The molecule has 2 atom stereocenters. The zero-order valence-corrected chi connectivity index (χ0v) is 12.2. The molecule has 0 spiro atoms. The van der Waals surface area contributed by atoms with Gasteiger partial charge in [0.15, 0.2) is 0 Å². The number of halogens is 3. The van der Waals surface area contributed by atoms with Gasteiger partial charge in [-0.3, -0.25) is 4.79 Å². The molecule has 3 nitrogen and oxygen atoms in total. The Bertz CT molecular complexity index is 504. The van der Waals surface area contributed by atoms with E-state index in [2.05, 4.69) is 22.9 Å². The fraction of sp³-hybridized carbons (Fsp3) is 0.615. The van der Waals surface area contributed by atoms with Crippen LogP contribution in [0.15, 0.2) is 21.5 Å². The lowest BCUT2D eigenvalue weighted by Crippen LogP contribution is -2.24. The van der Waals surface area contributed by atoms with E-state index in [1.807, 2.05) is 0 Å². The third-order valence-corrected chi connectivity index (χ3v) is 4.08. The number of aromatic nitrogens is 1. The molecule has 1 saturated heterocycles. The summed E-state index contributed by atoms with van der Waals surface area (Å²) in [4.78, 5) is 11.9. The summed E-state index contributed by atoms with van der Waals surface area (Å²) in [5.41, 5.74) is -0.429. The highest BCUT2D eigenvalue weighted by Crippen LogP contribution is 2.24. The Kier molecular flexibility index (Phi) is 4.73. The van der Waals surface area contributed by atoms with Crippen LogP contribution in [0.25, 0.3) is 0 Å². The molecule has 1 aliphatic heterocycles. The summed E-state index contributed by atoms with van der Waals surface area (Å²) in [5, 5.41) is 0. The normalized spacial score (nSPS) is 23.2. The average Bonchev–Trinajstić information content (AvgIpc) is 2.76. The van der Waals surface area contributed by atoms with E-state index in [0.29, 0.717) is 18.9 Å². The molecule has 1 aliphatic rings. The highest BCUT2D eigenvalue weighted by atomic mass is 79.9. The number of rotatable bonds is 4. The van der Waals surface area contributed by atoms with Gasteiger partial charge in [-0.05, 0) is 40.8 Å². The highest BCUT2D eigenvalue weighted by Gasteiger charge is 2.24. The maximum atomic E-state index is 12.7. The van der Waals surface area contributed by atoms with Crippen LogP contribution in [0, 0.1) is 5.92 Å². The Labute approximate surface area is 118 Å². The van der Waals surface area contributed by atoms with Crippen LogP contribution in [-0.4, -0.2) is 17.3 Å². The third kappa shape index (κ3) is 3.42. The molecule has 0 saturated carbocycles. The van der Waals surface area contributed by atoms with Crippen molar-refractivity contribution >= 4 is 15.9 Å². The standard InChI is InChI=1S/C13H16BrF2NO2/c1-8-3-5-19-11(8)2-4-17-7-9(12(15)16)6-10(14)13(17)18/h6-8,11-12H,2-5H2,1H3. The van der Waals surface area contributed by atoms with Crippen molar-refractivity contribution in [3.8, 4) is 0 Å². The predicted octanol–water partition coefficient (Wildman–Crippen LogP) is 3.36. The van der Waals surface area contributed by atoms with Gasteiger partial charge in [-0.1, -0.05) is 6.92 Å². The molecular weight excluding hydrogens is 320 g/mol. The SMILES string of the molecule is CC1CCOC1CCn1cc(C(F)F)cc(Br)c1=O. The fourth-order valence-corrected chi connectivity index (χ4v) is 2.79. The molecule has 6 heteroatoms. The molecule has 0 aromatic carbocycles. The Balaban J connectivity index is 2.13. The van der Waals surface area contributed by atoms with Crippen molar-refractivity contribution in [3.63, 3.8) is 0 Å². The van der Waals surface area contributed by atoms with Gasteiger partial charge in [-0.15, -0.1) is 0 Å². The molecule has 19 heavy (non-hydrogen) atoms. The van der Waals surface area contributed by atoms with Crippen molar-refractivity contribution in [3.05, 3.63) is 32.7 Å². The molecule has 0 N–H and O–H groups in total. The lowest BCUT2D eigenvalue weighted by atomic mass is 10.0. The first-order valence-electron chi connectivity index (χ1n) is 6.28. The molecule has 106 valence electrons. The Morgan fingerprint density at radius 3 is 2.89 bits per heavy atom. The van der Waals surface area contributed by atoms with E-state index in [9.17, 15) is 13.6 Å². The van der Waals surface area contributed by atoms with E-state index in [1.165, 1.54) is 16.8 Å². The number of hydrogen-bond donors (Lipinski definition) is 0. The van der Waals surface area contributed by atoms with Crippen LogP contribution in [0.2, 0.25) is 0 Å². The van der Waals surface area contributed by atoms with Crippen LogP contribution >= 0.6 is 15.9 Å². The van der Waals surface area contributed by atoms with Gasteiger partial charge in [-0.2, -0.15) is 0 Å². The summed E-state index contributed by atoms with van der Waals surface area (Å²) in [6, 6.07) is 1.18. The van der Waals surface area contributed by atoms with E-state index in [1.54, 1.807) is 0 Å². The molecule has 2 unspecified atom stereocenters. The average molecular weight is 336 g/mol. The summed E-state index contributed by atoms with van der Waals surface area (Å²) in [6.45, 7) is 3.24. The first-order valence-corrected chi connectivity index (χ1v) is 7.08. The van der Waals surface area contributed by atoms with Gasteiger partial charge in [0.25, 0.3) is 12.0 Å². The molecule has 1 fully saturated rings. The number of alkyl halides is 2. The molecule has 1 aromatic rings. The molecular formula is C13H16BrF2NO2. The minimum atomic E-state index is -2.58. The van der Waals surface area contributed by atoms with Crippen LogP contribution < -0.4 is 5.56 Å². The number of nitrogens with zero attached hydrogens (tertiary/aromatic N) is 1. The van der Waals surface area contributed by atoms with Gasteiger partial charge < -0.3 is 9.30 Å². The Morgan fingerprint density at radius 1 is 1.58 bits per heavy atom. The van der Waals surface area contributed by atoms with E-state index >= 15 is 0 Å². The summed E-state index contributed by atoms with van der Waals surface area (Å²) >= 11 is 3.03. The van der Waals surface area contributed by atoms with Crippen molar-refractivity contribution < 1.29 is 13.5 Å².